The van der Waals surface area contributed by atoms with Crippen LogP contribution in [0.4, 0.5) is 0 Å². The minimum atomic E-state index is -1.29. The van der Waals surface area contributed by atoms with Crippen molar-refractivity contribution in [2.24, 2.45) is 11.8 Å². The minimum absolute atomic E-state index is 0.0310. The molecule has 1 saturated carbocycles. The first kappa shape index (κ1) is 23.1. The van der Waals surface area contributed by atoms with Gasteiger partial charge in [0.2, 0.25) is 0 Å². The highest BCUT2D eigenvalue weighted by Crippen LogP contribution is 2.34. The molecule has 5 nitrogen and oxygen atoms in total. The molecule has 0 bridgehead atoms. The van der Waals surface area contributed by atoms with Crippen LogP contribution in [0.1, 0.15) is 71.1 Å². The Balaban J connectivity index is 2.36. The number of Topliss-reactive ketones (excluding diaryl/α,β-unsaturated/α-hetero) is 1. The molecule has 0 aromatic heterocycles. The number of ketones is 1. The highest BCUT2D eigenvalue weighted by Gasteiger charge is 2.32. The number of unbranched alkanes of at least 4 members (excludes halogenated alkanes) is 2. The molecule has 0 aromatic carbocycles. The summed E-state index contributed by atoms with van der Waals surface area (Å²) in [7, 11) is 0. The molecule has 0 aromatic rings. The van der Waals surface area contributed by atoms with Gasteiger partial charge in [-0.1, -0.05) is 31.4 Å². The van der Waals surface area contributed by atoms with E-state index in [1.54, 1.807) is 0 Å². The molecule has 2 unspecified atom stereocenters. The van der Waals surface area contributed by atoms with E-state index in [0.29, 0.717) is 37.3 Å². The van der Waals surface area contributed by atoms with Crippen LogP contribution in [0.2, 0.25) is 0 Å². The van der Waals surface area contributed by atoms with E-state index in [1.807, 2.05) is 13.0 Å². The van der Waals surface area contributed by atoms with Crippen molar-refractivity contribution in [3.05, 3.63) is 12.2 Å². The molecule has 26 heavy (non-hydrogen) atoms. The topological polar surface area (TPSA) is 94.8 Å². The molecule has 0 spiro atoms. The molecule has 1 rings (SSSR count). The maximum absolute atomic E-state index is 12.1. The number of hydrogen-bond acceptors (Lipinski definition) is 4. The number of aliphatic carboxylic acids is 1. The smallest absolute Gasteiger partial charge is 0.332 e. The first-order valence-electron chi connectivity index (χ1n) is 9.65. The van der Waals surface area contributed by atoms with E-state index in [4.69, 9.17) is 16.7 Å². The fraction of sp³-hybridized carbons (Fsp3) is 0.800. The predicted molar refractivity (Wildman–Crippen MR) is 102 cm³/mol. The average molecular weight is 389 g/mol. The zero-order valence-electron chi connectivity index (χ0n) is 15.7. The van der Waals surface area contributed by atoms with Gasteiger partial charge in [0.25, 0.3) is 0 Å². The van der Waals surface area contributed by atoms with E-state index in [-0.39, 0.29) is 18.3 Å². The van der Waals surface area contributed by atoms with Gasteiger partial charge in [0.1, 0.15) is 5.78 Å². The molecule has 0 amide bonds. The predicted octanol–water partition coefficient (Wildman–Crippen LogP) is 3.69. The molecule has 6 heteroatoms. The Hall–Kier alpha value is -0.910. The number of rotatable bonds is 13. The van der Waals surface area contributed by atoms with Crippen molar-refractivity contribution in [3.63, 3.8) is 0 Å². The van der Waals surface area contributed by atoms with Gasteiger partial charge in [-0.2, -0.15) is 0 Å². The molecule has 0 aliphatic heterocycles. The fourth-order valence-electron chi connectivity index (χ4n) is 3.59. The summed E-state index contributed by atoms with van der Waals surface area (Å²) in [5.41, 5.74) is -0.755. The number of carbonyl (C=O) groups excluding carboxylic acids is 1. The third kappa shape index (κ3) is 8.65. The number of hydrogen-bond donors (Lipinski definition) is 3. The van der Waals surface area contributed by atoms with E-state index in [9.17, 15) is 19.8 Å². The quantitative estimate of drug-likeness (QED) is 0.254. The Bertz CT molecular complexity index is 475. The third-order valence-corrected chi connectivity index (χ3v) is 5.49. The lowest BCUT2D eigenvalue weighted by Crippen LogP contribution is -2.23. The minimum Gasteiger partial charge on any atom is -0.479 e. The SMILES string of the molecule is CC(O)(CC=C[C@H]1CCC(=O)[C@@H]1CCCCCC(O)C(=O)O)CCCCl. The highest BCUT2D eigenvalue weighted by atomic mass is 35.5. The van der Waals surface area contributed by atoms with Gasteiger partial charge in [-0.3, -0.25) is 4.79 Å². The Morgan fingerprint density at radius 1 is 1.35 bits per heavy atom. The number of allylic oxidation sites excluding steroid dienone is 1. The van der Waals surface area contributed by atoms with E-state index in [0.717, 1.165) is 32.1 Å². The van der Waals surface area contributed by atoms with Gasteiger partial charge in [0.05, 0.1) is 5.60 Å². The molecule has 0 heterocycles. The zero-order valence-corrected chi connectivity index (χ0v) is 16.5. The van der Waals surface area contributed by atoms with Crippen LogP contribution in [0.3, 0.4) is 0 Å². The van der Waals surface area contributed by atoms with E-state index in [1.165, 1.54) is 0 Å². The second-order valence-electron chi connectivity index (χ2n) is 7.69. The van der Waals surface area contributed by atoms with Crippen molar-refractivity contribution in [3.8, 4) is 0 Å². The Kier molecular flexibility index (Phi) is 10.4. The summed E-state index contributed by atoms with van der Waals surface area (Å²) in [6, 6.07) is 0. The van der Waals surface area contributed by atoms with Gasteiger partial charge in [-0.05, 0) is 51.4 Å². The third-order valence-electron chi connectivity index (χ3n) is 5.22. The zero-order chi connectivity index (χ0) is 19.6. The highest BCUT2D eigenvalue weighted by molar-refractivity contribution is 6.17. The lowest BCUT2D eigenvalue weighted by Gasteiger charge is -2.21. The van der Waals surface area contributed by atoms with Gasteiger partial charge in [0.15, 0.2) is 6.10 Å². The number of aliphatic hydroxyl groups excluding tert-OH is 1. The molecule has 150 valence electrons. The summed E-state index contributed by atoms with van der Waals surface area (Å²) in [6.07, 6.45) is 9.66. The molecule has 4 atom stereocenters. The molecular weight excluding hydrogens is 356 g/mol. The molecule has 0 radical (unpaired) electrons. The van der Waals surface area contributed by atoms with Crippen LogP contribution in [-0.4, -0.2) is 44.7 Å². The lowest BCUT2D eigenvalue weighted by molar-refractivity contribution is -0.147. The first-order valence-corrected chi connectivity index (χ1v) is 10.2. The second-order valence-corrected chi connectivity index (χ2v) is 8.07. The maximum atomic E-state index is 12.1. The lowest BCUT2D eigenvalue weighted by atomic mass is 9.88. The summed E-state index contributed by atoms with van der Waals surface area (Å²) in [5.74, 6) is -0.0654. The van der Waals surface area contributed by atoms with Crippen LogP contribution >= 0.6 is 11.6 Å². The van der Waals surface area contributed by atoms with Crippen LogP contribution in [0.5, 0.6) is 0 Å². The maximum Gasteiger partial charge on any atom is 0.332 e. The summed E-state index contributed by atoms with van der Waals surface area (Å²) in [4.78, 5) is 22.7. The van der Waals surface area contributed by atoms with Crippen molar-refractivity contribution < 1.29 is 24.9 Å². The van der Waals surface area contributed by atoms with Crippen LogP contribution < -0.4 is 0 Å². The largest absolute Gasteiger partial charge is 0.479 e. The number of carboxylic acid groups (broad SMARTS) is 1. The Morgan fingerprint density at radius 3 is 2.73 bits per heavy atom. The van der Waals surface area contributed by atoms with E-state index >= 15 is 0 Å². The Morgan fingerprint density at radius 2 is 2.08 bits per heavy atom. The monoisotopic (exact) mass is 388 g/mol. The van der Waals surface area contributed by atoms with E-state index < -0.39 is 17.7 Å². The average Bonchev–Trinajstić information content (AvgIpc) is 2.92. The molecule has 1 aliphatic rings. The number of halogens is 1. The van der Waals surface area contributed by atoms with Crippen LogP contribution in [0.25, 0.3) is 0 Å². The summed E-state index contributed by atoms with van der Waals surface area (Å²) in [5, 5.41) is 28.2. The van der Waals surface area contributed by atoms with Crippen molar-refractivity contribution in [1.29, 1.82) is 0 Å². The molecule has 1 aliphatic carbocycles. The van der Waals surface area contributed by atoms with Crippen molar-refractivity contribution in [1.82, 2.24) is 0 Å². The molecule has 1 fully saturated rings. The molecular formula is C20H33ClO5. The van der Waals surface area contributed by atoms with Crippen LogP contribution in [0, 0.1) is 11.8 Å². The Labute approximate surface area is 161 Å². The first-order chi connectivity index (χ1) is 12.3. The second kappa shape index (κ2) is 11.7. The van der Waals surface area contributed by atoms with Gasteiger partial charge < -0.3 is 15.3 Å². The van der Waals surface area contributed by atoms with Gasteiger partial charge in [-0.25, -0.2) is 4.79 Å². The molecule has 3 N–H and O–H groups in total. The van der Waals surface area contributed by atoms with Crippen molar-refractivity contribution in [2.45, 2.75) is 82.8 Å². The van der Waals surface area contributed by atoms with Crippen LogP contribution in [-0.2, 0) is 9.59 Å². The number of alkyl halides is 1. The summed E-state index contributed by atoms with van der Waals surface area (Å²) >= 11 is 5.67. The fourth-order valence-corrected chi connectivity index (χ4v) is 3.72. The van der Waals surface area contributed by atoms with Crippen molar-refractivity contribution in [2.75, 3.05) is 5.88 Å². The van der Waals surface area contributed by atoms with Crippen LogP contribution in [0.15, 0.2) is 12.2 Å². The van der Waals surface area contributed by atoms with Gasteiger partial charge in [-0.15, -0.1) is 11.6 Å². The summed E-state index contributed by atoms with van der Waals surface area (Å²) < 4.78 is 0. The standard InChI is InChI=1S/C20H33ClO5/c1-20(26,13-6-14-21)12-5-7-15-10-11-17(22)16(15)8-3-2-4-9-18(23)19(24)25/h5,7,15-16,18,23,26H,2-4,6,8-14H2,1H3,(H,24,25)/t15-,16+,18?,20?/m0/s1. The number of carbonyl (C=O) groups is 2. The van der Waals surface area contributed by atoms with Gasteiger partial charge >= 0.3 is 5.97 Å². The van der Waals surface area contributed by atoms with Gasteiger partial charge in [0, 0.05) is 18.2 Å². The molecule has 0 saturated heterocycles. The van der Waals surface area contributed by atoms with Crippen molar-refractivity contribution >= 4 is 23.4 Å². The number of aliphatic hydroxyl groups is 2. The summed E-state index contributed by atoms with van der Waals surface area (Å²) in [6.45, 7) is 1.81. The number of carboxylic acids is 1. The normalized spacial score (nSPS) is 24.1. The van der Waals surface area contributed by atoms with E-state index in [2.05, 4.69) is 6.08 Å².